The van der Waals surface area contributed by atoms with Crippen molar-refractivity contribution in [2.24, 2.45) is 0 Å². The minimum absolute atomic E-state index is 0.292. The van der Waals surface area contributed by atoms with Gasteiger partial charge in [0.15, 0.2) is 5.69 Å². The van der Waals surface area contributed by atoms with Crippen molar-refractivity contribution in [2.45, 2.75) is 0 Å². The lowest BCUT2D eigenvalue weighted by Crippen LogP contribution is -1.92. The molecule has 0 aliphatic rings. The molecule has 13 heavy (non-hydrogen) atoms. The molecule has 2 aromatic rings. The highest BCUT2D eigenvalue weighted by Crippen LogP contribution is 2.13. The second kappa shape index (κ2) is 3.18. The maximum atomic E-state index is 4.85. The van der Waals surface area contributed by atoms with Gasteiger partial charge in [-0.15, -0.1) is 0 Å². The Morgan fingerprint density at radius 1 is 1.38 bits per heavy atom. The van der Waals surface area contributed by atoms with Crippen molar-refractivity contribution in [2.75, 3.05) is 7.11 Å². The van der Waals surface area contributed by atoms with Gasteiger partial charge in [-0.3, -0.25) is 0 Å². The molecule has 0 atom stereocenters. The summed E-state index contributed by atoms with van der Waals surface area (Å²) in [5.41, 5.74) is 1.17. The first-order valence-corrected chi connectivity index (χ1v) is 3.55. The predicted molar refractivity (Wildman–Crippen MR) is 41.9 cm³/mol. The molecule has 0 spiro atoms. The second-order valence-electron chi connectivity index (χ2n) is 2.22. The average Bonchev–Trinajstić information content (AvgIpc) is 2.71. The van der Waals surface area contributed by atoms with Gasteiger partial charge in [0.2, 0.25) is 0 Å². The van der Waals surface area contributed by atoms with Crippen LogP contribution in [-0.2, 0) is 0 Å². The van der Waals surface area contributed by atoms with E-state index in [0.29, 0.717) is 17.4 Å². The van der Waals surface area contributed by atoms with E-state index >= 15 is 0 Å². The molecule has 2 rings (SSSR count). The van der Waals surface area contributed by atoms with E-state index < -0.39 is 0 Å². The maximum absolute atomic E-state index is 4.85. The summed E-state index contributed by atoms with van der Waals surface area (Å²) in [5, 5.41) is 7.10. The number of ether oxygens (including phenoxy) is 1. The topological polar surface area (TPSA) is 73.9 Å². The number of methoxy groups -OCH3 is 1. The van der Waals surface area contributed by atoms with Gasteiger partial charge in [0.25, 0.3) is 0 Å². The summed E-state index contributed by atoms with van der Waals surface area (Å²) in [5.74, 6) is 0. The highest BCUT2D eigenvalue weighted by molar-refractivity contribution is 5.51. The van der Waals surface area contributed by atoms with E-state index in [9.17, 15) is 0 Å². The molecule has 0 saturated carbocycles. The third kappa shape index (κ3) is 1.46. The molecular weight excluding hydrogens is 172 g/mol. The summed E-state index contributed by atoms with van der Waals surface area (Å²) < 4.78 is 9.29. The smallest absolute Gasteiger partial charge is 0.316 e. The van der Waals surface area contributed by atoms with Gasteiger partial charge in [0.1, 0.15) is 11.9 Å². The Balaban J connectivity index is 2.41. The monoisotopic (exact) mass is 178 g/mol. The van der Waals surface area contributed by atoms with E-state index in [1.165, 1.54) is 13.3 Å². The fourth-order valence-corrected chi connectivity index (χ4v) is 0.859. The first-order chi connectivity index (χ1) is 6.40. The third-order valence-corrected chi connectivity index (χ3v) is 1.44. The molecular formula is C7H6N4O2. The fraction of sp³-hybridized carbons (Fsp3) is 0.143. The Morgan fingerprint density at radius 3 is 3.00 bits per heavy atom. The summed E-state index contributed by atoms with van der Waals surface area (Å²) in [6, 6.07) is 1.99. The van der Waals surface area contributed by atoms with Crippen LogP contribution in [0.4, 0.5) is 0 Å². The lowest BCUT2D eigenvalue weighted by Gasteiger charge is -1.97. The molecule has 0 bridgehead atoms. The zero-order chi connectivity index (χ0) is 9.10. The third-order valence-electron chi connectivity index (χ3n) is 1.44. The van der Waals surface area contributed by atoms with Crippen LogP contribution in [0.1, 0.15) is 0 Å². The van der Waals surface area contributed by atoms with Gasteiger partial charge >= 0.3 is 6.01 Å². The average molecular weight is 178 g/mol. The summed E-state index contributed by atoms with van der Waals surface area (Å²) in [7, 11) is 1.50. The van der Waals surface area contributed by atoms with E-state index in [-0.39, 0.29) is 0 Å². The van der Waals surface area contributed by atoms with Gasteiger partial charge in [-0.2, -0.15) is 4.98 Å². The number of hydrogen-bond donors (Lipinski definition) is 0. The normalized spacial score (nSPS) is 9.92. The highest BCUT2D eigenvalue weighted by atomic mass is 16.6. The van der Waals surface area contributed by atoms with E-state index in [0.717, 1.165) is 0 Å². The van der Waals surface area contributed by atoms with Crippen LogP contribution in [0.3, 0.4) is 0 Å². The molecule has 2 heterocycles. The van der Waals surface area contributed by atoms with Crippen molar-refractivity contribution < 1.29 is 9.37 Å². The lowest BCUT2D eigenvalue weighted by molar-refractivity contribution is 0.308. The molecule has 0 aliphatic heterocycles. The van der Waals surface area contributed by atoms with Gasteiger partial charge in [-0.25, -0.2) is 9.61 Å². The zero-order valence-electron chi connectivity index (χ0n) is 6.84. The Bertz CT molecular complexity index is 387. The molecule has 6 nitrogen and oxygen atoms in total. The van der Waals surface area contributed by atoms with Crippen LogP contribution in [0.25, 0.3) is 11.4 Å². The van der Waals surface area contributed by atoms with Gasteiger partial charge in [-0.05, 0) is 11.2 Å². The molecule has 0 fully saturated rings. The SMILES string of the molecule is COc1nccc(-c2cnon2)n1. The molecule has 2 aromatic heterocycles. The van der Waals surface area contributed by atoms with Crippen molar-refractivity contribution in [1.82, 2.24) is 20.3 Å². The minimum Gasteiger partial charge on any atom is -0.467 e. The summed E-state index contributed by atoms with van der Waals surface area (Å²) >= 11 is 0. The molecule has 0 N–H and O–H groups in total. The Hall–Kier alpha value is -1.98. The van der Waals surface area contributed by atoms with Crippen LogP contribution in [0, 0.1) is 0 Å². The van der Waals surface area contributed by atoms with Crippen molar-refractivity contribution in [1.29, 1.82) is 0 Å². The van der Waals surface area contributed by atoms with Crippen molar-refractivity contribution in [3.05, 3.63) is 18.5 Å². The number of nitrogens with zero attached hydrogens (tertiary/aromatic N) is 4. The number of hydrogen-bond acceptors (Lipinski definition) is 6. The van der Waals surface area contributed by atoms with Gasteiger partial charge in [-0.1, -0.05) is 5.16 Å². The molecule has 0 aromatic carbocycles. The van der Waals surface area contributed by atoms with E-state index in [2.05, 4.69) is 24.9 Å². The molecule has 6 heteroatoms. The van der Waals surface area contributed by atoms with Crippen LogP contribution in [-0.4, -0.2) is 27.4 Å². The van der Waals surface area contributed by atoms with E-state index in [1.54, 1.807) is 12.3 Å². The second-order valence-corrected chi connectivity index (χ2v) is 2.22. The van der Waals surface area contributed by atoms with Gasteiger partial charge in [0.05, 0.1) is 7.11 Å². The zero-order valence-corrected chi connectivity index (χ0v) is 6.84. The van der Waals surface area contributed by atoms with Crippen LogP contribution in [0.2, 0.25) is 0 Å². The highest BCUT2D eigenvalue weighted by Gasteiger charge is 2.04. The van der Waals surface area contributed by atoms with Crippen molar-refractivity contribution in [3.8, 4) is 17.4 Å². The molecule has 0 unspecified atom stereocenters. The predicted octanol–water partition coefficient (Wildman–Crippen LogP) is 0.535. The van der Waals surface area contributed by atoms with E-state index in [1.807, 2.05) is 0 Å². The molecule has 0 saturated heterocycles. The maximum Gasteiger partial charge on any atom is 0.316 e. The largest absolute Gasteiger partial charge is 0.467 e. The molecule has 66 valence electrons. The summed E-state index contributed by atoms with van der Waals surface area (Å²) in [6.07, 6.45) is 3.05. The molecule has 0 aliphatic carbocycles. The van der Waals surface area contributed by atoms with Gasteiger partial charge in [0, 0.05) is 6.20 Å². The Labute approximate surface area is 73.5 Å². The van der Waals surface area contributed by atoms with Crippen molar-refractivity contribution >= 4 is 0 Å². The van der Waals surface area contributed by atoms with E-state index in [4.69, 9.17) is 4.74 Å². The Kier molecular flexibility index (Phi) is 1.87. The molecule has 0 amide bonds. The Morgan fingerprint density at radius 2 is 2.31 bits per heavy atom. The lowest BCUT2D eigenvalue weighted by atomic mass is 10.3. The van der Waals surface area contributed by atoms with Crippen LogP contribution in [0.15, 0.2) is 23.1 Å². The fourth-order valence-electron chi connectivity index (χ4n) is 0.859. The minimum atomic E-state index is 0.292. The van der Waals surface area contributed by atoms with Crippen molar-refractivity contribution in [3.63, 3.8) is 0 Å². The number of rotatable bonds is 2. The first kappa shape index (κ1) is 7.66. The van der Waals surface area contributed by atoms with Crippen LogP contribution >= 0.6 is 0 Å². The molecule has 0 radical (unpaired) electrons. The van der Waals surface area contributed by atoms with Crippen LogP contribution < -0.4 is 4.74 Å². The quantitative estimate of drug-likeness (QED) is 0.667. The summed E-state index contributed by atoms with van der Waals surface area (Å²) in [4.78, 5) is 7.89. The summed E-state index contributed by atoms with van der Waals surface area (Å²) in [6.45, 7) is 0. The first-order valence-electron chi connectivity index (χ1n) is 3.55. The van der Waals surface area contributed by atoms with Gasteiger partial charge < -0.3 is 4.74 Å². The van der Waals surface area contributed by atoms with Crippen LogP contribution in [0.5, 0.6) is 6.01 Å². The standard InChI is InChI=1S/C7H6N4O2/c1-12-7-8-3-2-5(10-7)6-4-9-13-11-6/h2-4H,1H3. The number of aromatic nitrogens is 4.